The van der Waals surface area contributed by atoms with Crippen molar-refractivity contribution in [3.8, 4) is 66.8 Å². The van der Waals surface area contributed by atoms with Crippen molar-refractivity contribution in [2.24, 2.45) is 0 Å². The molecule has 0 saturated heterocycles. The van der Waals surface area contributed by atoms with Gasteiger partial charge in [-0.05, 0) is 198 Å². The maximum Gasteiger partial charge on any atom is 0.0387 e. The SMILES string of the molecule is C=C/C=C(\C=C/C)c1cccc(-c2ccccc2)c1.CC1(C)c2cc(Nc3ccc(C4=CCCC(c5ccccc5)=C4)cc3)ccc2-c2ccc(Nc3ccc(-c4cccc(-c5ccccc5)c4)cc3)cc21.c1ccc(-c2cccc(-c3ccccc3)c2)cc1. The Morgan fingerprint density at radius 1 is 0.367 bits per heavy atom. The van der Waals surface area contributed by atoms with E-state index in [0.717, 1.165) is 35.6 Å². The molecule has 0 radical (unpaired) electrons. The van der Waals surface area contributed by atoms with Crippen LogP contribution in [-0.4, -0.2) is 0 Å². The zero-order valence-corrected chi connectivity index (χ0v) is 51.5. The van der Waals surface area contributed by atoms with E-state index < -0.39 is 0 Å². The zero-order valence-electron chi connectivity index (χ0n) is 51.5. The minimum atomic E-state index is -0.131. The Labute approximate surface area is 533 Å². The van der Waals surface area contributed by atoms with Crippen molar-refractivity contribution >= 4 is 39.5 Å². The van der Waals surface area contributed by atoms with Gasteiger partial charge in [-0.2, -0.15) is 0 Å². The first-order valence-electron chi connectivity index (χ1n) is 31.2. The minimum absolute atomic E-state index is 0.131. The third-order valence-corrected chi connectivity index (χ3v) is 16.9. The van der Waals surface area contributed by atoms with E-state index in [0.29, 0.717) is 0 Å². The van der Waals surface area contributed by atoms with E-state index >= 15 is 0 Å². The van der Waals surface area contributed by atoms with E-state index in [1.165, 1.54) is 111 Å². The molecular weight excluding hydrogens is 1080 g/mol. The van der Waals surface area contributed by atoms with Crippen LogP contribution >= 0.6 is 0 Å². The lowest BCUT2D eigenvalue weighted by atomic mass is 9.82. The summed E-state index contributed by atoms with van der Waals surface area (Å²) in [5.74, 6) is 0. The second-order valence-electron chi connectivity index (χ2n) is 23.3. The molecular formula is C88H74N2. The summed E-state index contributed by atoms with van der Waals surface area (Å²) >= 11 is 0. The van der Waals surface area contributed by atoms with Crippen molar-refractivity contribution in [1.82, 2.24) is 0 Å². The first kappa shape index (κ1) is 59.3. The van der Waals surface area contributed by atoms with Gasteiger partial charge in [-0.15, -0.1) is 0 Å². The van der Waals surface area contributed by atoms with Gasteiger partial charge in [0, 0.05) is 28.2 Å². The zero-order chi connectivity index (χ0) is 61.5. The Hall–Kier alpha value is -11.1. The van der Waals surface area contributed by atoms with Crippen LogP contribution in [0.2, 0.25) is 0 Å². The number of hydrogen-bond donors (Lipinski definition) is 2. The van der Waals surface area contributed by atoms with E-state index in [-0.39, 0.29) is 5.41 Å². The predicted molar refractivity (Wildman–Crippen MR) is 388 cm³/mol. The summed E-state index contributed by atoms with van der Waals surface area (Å²) in [6, 6.07) is 110. The summed E-state index contributed by atoms with van der Waals surface area (Å²) < 4.78 is 0. The second-order valence-corrected chi connectivity index (χ2v) is 23.3. The third kappa shape index (κ3) is 14.2. The Bertz CT molecular complexity index is 4460. The standard InChI is InChI=1S/C51H42N2.C19H18.C18H14/c1-51(2)49-33-45(52-43-23-19-37(20-24-43)41-17-9-15-39(31-41)35-11-5-3-6-12-35)27-29-47(49)48-30-28-46(34-50(48)51)53-44-25-21-38(22-26-44)42-18-10-16-40(32-42)36-13-7-4-8-14-36;1-3-9-16(10-4-2)18-13-8-14-19(15-18)17-11-6-5-7-12-17;1-3-8-15(9-4-1)17-12-7-13-18(14-17)16-10-5-2-6-11-16/h3-9,11-15,17-34,52-53H,10,16H2,1-2H3;3-15H,1H2,2H3;1-14H/b;10-4-,16-9+;. The van der Waals surface area contributed by atoms with E-state index in [9.17, 15) is 0 Å². The van der Waals surface area contributed by atoms with Crippen LogP contribution in [0.25, 0.3) is 83.5 Å². The van der Waals surface area contributed by atoms with Gasteiger partial charge in [-0.1, -0.05) is 300 Å². The number of hydrogen-bond acceptors (Lipinski definition) is 2. The molecule has 0 heterocycles. The maximum absolute atomic E-state index is 3.78. The van der Waals surface area contributed by atoms with Crippen LogP contribution in [-0.2, 0) is 5.41 Å². The molecule has 0 bridgehead atoms. The summed E-state index contributed by atoms with van der Waals surface area (Å²) in [5, 5.41) is 7.36. The summed E-state index contributed by atoms with van der Waals surface area (Å²) in [4.78, 5) is 0. The molecule has 2 heteroatoms. The minimum Gasteiger partial charge on any atom is -0.356 e. The molecule has 12 aromatic carbocycles. The molecule has 2 aliphatic carbocycles. The van der Waals surface area contributed by atoms with Crippen molar-refractivity contribution in [1.29, 1.82) is 0 Å². The van der Waals surface area contributed by atoms with Gasteiger partial charge in [-0.3, -0.25) is 0 Å². The molecule has 2 nitrogen and oxygen atoms in total. The Balaban J connectivity index is 0.000000172. The monoisotopic (exact) mass is 1160 g/mol. The number of anilines is 4. The van der Waals surface area contributed by atoms with Crippen LogP contribution in [0.4, 0.5) is 22.7 Å². The van der Waals surface area contributed by atoms with Gasteiger partial charge in [0.2, 0.25) is 0 Å². The number of nitrogens with one attached hydrogen (secondary N) is 2. The summed E-state index contributed by atoms with van der Waals surface area (Å²) in [5.41, 5.74) is 29.6. The molecule has 0 aromatic heterocycles. The van der Waals surface area contributed by atoms with E-state index in [1.807, 2.05) is 43.4 Å². The average molecular weight is 1160 g/mol. The van der Waals surface area contributed by atoms with Crippen LogP contribution < -0.4 is 10.6 Å². The molecule has 2 N–H and O–H groups in total. The summed E-state index contributed by atoms with van der Waals surface area (Å²) in [6.45, 7) is 10.5. The first-order valence-corrected chi connectivity index (χ1v) is 31.2. The normalized spacial score (nSPS) is 12.8. The van der Waals surface area contributed by atoms with Crippen LogP contribution in [0.1, 0.15) is 61.4 Å². The fourth-order valence-electron chi connectivity index (χ4n) is 12.2. The third-order valence-electron chi connectivity index (χ3n) is 16.9. The second kappa shape index (κ2) is 28.2. The molecule has 90 heavy (non-hydrogen) atoms. The smallest absolute Gasteiger partial charge is 0.0387 e. The van der Waals surface area contributed by atoms with Gasteiger partial charge >= 0.3 is 0 Å². The van der Waals surface area contributed by atoms with Crippen molar-refractivity contribution in [2.45, 2.75) is 39.0 Å². The van der Waals surface area contributed by atoms with Crippen molar-refractivity contribution in [2.75, 3.05) is 10.6 Å². The largest absolute Gasteiger partial charge is 0.356 e. The van der Waals surface area contributed by atoms with Crippen LogP contribution in [0.5, 0.6) is 0 Å². The highest BCUT2D eigenvalue weighted by atomic mass is 14.9. The maximum atomic E-state index is 3.78. The lowest BCUT2D eigenvalue weighted by Gasteiger charge is -2.23. The number of fused-ring (bicyclic) bond motifs is 3. The Morgan fingerprint density at radius 2 is 0.733 bits per heavy atom. The number of benzene rings is 12. The molecule has 436 valence electrons. The van der Waals surface area contributed by atoms with Crippen molar-refractivity contribution in [3.05, 3.63) is 380 Å². The van der Waals surface area contributed by atoms with Gasteiger partial charge in [0.1, 0.15) is 0 Å². The Morgan fingerprint density at radius 3 is 1.16 bits per heavy atom. The molecule has 2 aliphatic rings. The van der Waals surface area contributed by atoms with Gasteiger partial charge in [0.25, 0.3) is 0 Å². The topological polar surface area (TPSA) is 24.1 Å². The molecule has 12 aromatic rings. The molecule has 0 saturated carbocycles. The lowest BCUT2D eigenvalue weighted by Crippen LogP contribution is -2.15. The molecule has 0 unspecified atom stereocenters. The highest BCUT2D eigenvalue weighted by Crippen LogP contribution is 2.50. The molecule has 0 aliphatic heterocycles. The van der Waals surface area contributed by atoms with Crippen LogP contribution in [0.3, 0.4) is 0 Å². The quantitative estimate of drug-likeness (QED) is 0.106. The van der Waals surface area contributed by atoms with Gasteiger partial charge in [0.05, 0.1) is 0 Å². The van der Waals surface area contributed by atoms with Crippen molar-refractivity contribution < 1.29 is 0 Å². The fourth-order valence-corrected chi connectivity index (χ4v) is 12.2. The first-order chi connectivity index (χ1) is 44.3. The number of rotatable bonds is 14. The highest BCUT2D eigenvalue weighted by molar-refractivity contribution is 5.88. The van der Waals surface area contributed by atoms with Crippen LogP contribution in [0.15, 0.2) is 352 Å². The molecule has 0 amide bonds. The molecule has 0 spiro atoms. The van der Waals surface area contributed by atoms with Crippen molar-refractivity contribution in [3.63, 3.8) is 0 Å². The van der Waals surface area contributed by atoms with Crippen LogP contribution in [0, 0.1) is 0 Å². The molecule has 0 fully saturated rings. The highest BCUT2D eigenvalue weighted by Gasteiger charge is 2.36. The fraction of sp³-hybridized carbons (Fsp3) is 0.0682. The van der Waals surface area contributed by atoms with Gasteiger partial charge in [0.15, 0.2) is 0 Å². The van der Waals surface area contributed by atoms with Gasteiger partial charge in [-0.25, -0.2) is 0 Å². The number of allylic oxidation sites excluding steroid dienone is 9. The summed E-state index contributed by atoms with van der Waals surface area (Å²) in [6.07, 6.45) is 14.9. The predicted octanol–water partition coefficient (Wildman–Crippen LogP) is 24.6. The lowest BCUT2D eigenvalue weighted by molar-refractivity contribution is 0.661. The Kier molecular flexibility index (Phi) is 18.6. The molecule has 0 atom stereocenters. The van der Waals surface area contributed by atoms with E-state index in [1.54, 1.807) is 0 Å². The summed E-state index contributed by atoms with van der Waals surface area (Å²) in [7, 11) is 0. The average Bonchev–Trinajstić information content (AvgIpc) is 1.63. The van der Waals surface area contributed by atoms with E-state index in [4.69, 9.17) is 0 Å². The molecule has 14 rings (SSSR count). The van der Waals surface area contributed by atoms with Gasteiger partial charge < -0.3 is 10.6 Å². The van der Waals surface area contributed by atoms with E-state index in [2.05, 4.69) is 340 Å².